The number of carbonyl (C=O) groups excluding carboxylic acids is 1. The van der Waals surface area contributed by atoms with Gasteiger partial charge in [0.2, 0.25) is 0 Å². The third kappa shape index (κ3) is 5.50. The first-order chi connectivity index (χ1) is 17.0. The summed E-state index contributed by atoms with van der Waals surface area (Å²) in [7, 11) is 0. The van der Waals surface area contributed by atoms with Crippen molar-refractivity contribution in [1.82, 2.24) is 10.4 Å². The first kappa shape index (κ1) is 23.0. The molecular weight excluding hydrogens is 526 g/mol. The Morgan fingerprint density at radius 2 is 1.46 bits per heavy atom. The summed E-state index contributed by atoms with van der Waals surface area (Å²) in [6.45, 7) is 0.415. The topological polar surface area (TPSA) is 53.6 Å². The van der Waals surface area contributed by atoms with E-state index in [1.807, 2.05) is 103 Å². The van der Waals surface area contributed by atoms with Gasteiger partial charge in [-0.2, -0.15) is 0 Å². The Morgan fingerprint density at radius 3 is 2.11 bits per heavy atom. The number of hydrogen-bond acceptors (Lipinski definition) is 3. The van der Waals surface area contributed by atoms with Crippen molar-refractivity contribution in [3.8, 4) is 11.5 Å². The zero-order valence-electron chi connectivity index (χ0n) is 18.5. The van der Waals surface area contributed by atoms with Crippen LogP contribution in [0.5, 0.6) is 11.5 Å². The molecule has 4 aromatic rings. The van der Waals surface area contributed by atoms with Gasteiger partial charge in [0.1, 0.15) is 11.5 Å². The predicted octanol–water partition coefficient (Wildman–Crippen LogP) is 7.82. The minimum atomic E-state index is -0.260. The first-order valence-electron chi connectivity index (χ1n) is 11.0. The van der Waals surface area contributed by atoms with Crippen molar-refractivity contribution in [2.24, 2.45) is 0 Å². The third-order valence-electron chi connectivity index (χ3n) is 5.52. The van der Waals surface area contributed by atoms with Gasteiger partial charge in [-0.05, 0) is 71.8 Å². The summed E-state index contributed by atoms with van der Waals surface area (Å²) < 4.78 is 6.84. The maximum absolute atomic E-state index is 13.1. The van der Waals surface area contributed by atoms with E-state index in [0.29, 0.717) is 23.0 Å². The number of urea groups is 1. The maximum Gasteiger partial charge on any atom is 0.340 e. The van der Waals surface area contributed by atoms with E-state index in [0.717, 1.165) is 32.6 Å². The van der Waals surface area contributed by atoms with Gasteiger partial charge < -0.3 is 10.1 Å². The Kier molecular flexibility index (Phi) is 6.75. The van der Waals surface area contributed by atoms with E-state index < -0.39 is 0 Å². The zero-order valence-corrected chi connectivity index (χ0v) is 20.9. The fourth-order valence-electron chi connectivity index (χ4n) is 3.77. The lowest BCUT2D eigenvalue weighted by molar-refractivity contribution is 0.210. The molecule has 1 aliphatic rings. The molecule has 1 heterocycles. The number of ether oxygens (including phenoxy) is 1. The van der Waals surface area contributed by atoms with Gasteiger partial charge in [-0.15, -0.1) is 0 Å². The molecule has 0 saturated carbocycles. The molecule has 0 unspecified atom stereocenters. The second-order valence-electron chi connectivity index (χ2n) is 7.93. The average molecular weight is 547 g/mol. The number of benzene rings is 4. The molecule has 0 aliphatic carbocycles. The van der Waals surface area contributed by atoms with Gasteiger partial charge in [0.05, 0.1) is 12.2 Å². The standard InChI is InChI=1S/C28H21BrClN3O2/c29-21-8-14-24(15-9-21)35-25-16-12-23(13-17-25)31-28(34)33-18-26(19-4-2-1-3-5-19)27(32-33)20-6-10-22(30)11-7-20/h1-17,32H,18H2,(H,31,34). The van der Waals surface area contributed by atoms with Crippen LogP contribution >= 0.6 is 27.5 Å². The minimum absolute atomic E-state index is 0.260. The van der Waals surface area contributed by atoms with Crippen LogP contribution in [-0.2, 0) is 0 Å². The molecule has 5 nitrogen and oxygen atoms in total. The third-order valence-corrected chi connectivity index (χ3v) is 6.30. The van der Waals surface area contributed by atoms with Crippen molar-refractivity contribution in [2.75, 3.05) is 11.9 Å². The molecule has 174 valence electrons. The number of carbonyl (C=O) groups is 1. The largest absolute Gasteiger partial charge is 0.457 e. The second-order valence-corrected chi connectivity index (χ2v) is 9.29. The molecule has 0 atom stereocenters. The number of hydrogen-bond donors (Lipinski definition) is 2. The molecule has 1 aliphatic heterocycles. The van der Waals surface area contributed by atoms with E-state index in [9.17, 15) is 4.79 Å². The smallest absolute Gasteiger partial charge is 0.340 e. The molecule has 5 rings (SSSR count). The molecule has 0 aromatic heterocycles. The average Bonchev–Trinajstić information content (AvgIpc) is 3.33. The normalized spacial score (nSPS) is 12.9. The molecule has 0 saturated heterocycles. The fraction of sp³-hybridized carbons (Fsp3) is 0.0357. The number of anilines is 1. The highest BCUT2D eigenvalue weighted by molar-refractivity contribution is 9.10. The monoisotopic (exact) mass is 545 g/mol. The van der Waals surface area contributed by atoms with Gasteiger partial charge in [0, 0.05) is 20.8 Å². The number of nitrogens with one attached hydrogen (secondary N) is 2. The summed E-state index contributed by atoms with van der Waals surface area (Å²) in [6, 6.07) is 32.2. The summed E-state index contributed by atoms with van der Waals surface area (Å²) in [6.07, 6.45) is 0. The zero-order chi connectivity index (χ0) is 24.2. The molecule has 0 fully saturated rings. The van der Waals surface area contributed by atoms with Gasteiger partial charge in [-0.3, -0.25) is 5.43 Å². The lowest BCUT2D eigenvalue weighted by Crippen LogP contribution is -2.40. The van der Waals surface area contributed by atoms with E-state index in [1.165, 1.54) is 0 Å². The van der Waals surface area contributed by atoms with Crippen molar-refractivity contribution in [3.05, 3.63) is 124 Å². The highest BCUT2D eigenvalue weighted by Crippen LogP contribution is 2.31. The summed E-state index contributed by atoms with van der Waals surface area (Å²) in [5.74, 6) is 1.42. The van der Waals surface area contributed by atoms with Crippen molar-refractivity contribution in [2.45, 2.75) is 0 Å². The van der Waals surface area contributed by atoms with Gasteiger partial charge in [-0.25, -0.2) is 9.80 Å². The number of nitrogens with zero attached hydrogens (tertiary/aromatic N) is 1. The SMILES string of the molecule is O=C(Nc1ccc(Oc2ccc(Br)cc2)cc1)N1CC(c2ccccc2)=C(c2ccc(Cl)cc2)N1. The molecule has 2 N–H and O–H groups in total. The van der Waals surface area contributed by atoms with Crippen LogP contribution in [0.3, 0.4) is 0 Å². The number of halogens is 2. The Labute approximate surface area is 217 Å². The molecule has 0 spiro atoms. The van der Waals surface area contributed by atoms with Crippen molar-refractivity contribution in [3.63, 3.8) is 0 Å². The maximum atomic E-state index is 13.1. The summed E-state index contributed by atoms with van der Waals surface area (Å²) in [4.78, 5) is 13.1. The van der Waals surface area contributed by atoms with E-state index in [2.05, 4.69) is 26.7 Å². The Bertz CT molecular complexity index is 1360. The van der Waals surface area contributed by atoms with Crippen LogP contribution in [0.2, 0.25) is 5.02 Å². The van der Waals surface area contributed by atoms with Gasteiger partial charge >= 0.3 is 6.03 Å². The molecule has 4 aromatic carbocycles. The molecule has 0 bridgehead atoms. The minimum Gasteiger partial charge on any atom is -0.457 e. The predicted molar refractivity (Wildman–Crippen MR) is 144 cm³/mol. The molecular formula is C28H21BrClN3O2. The molecule has 2 amide bonds. The number of amides is 2. The summed E-state index contributed by atoms with van der Waals surface area (Å²) >= 11 is 9.50. The van der Waals surface area contributed by atoms with Crippen molar-refractivity contribution in [1.29, 1.82) is 0 Å². The second kappa shape index (κ2) is 10.3. The highest BCUT2D eigenvalue weighted by Gasteiger charge is 2.27. The van der Waals surface area contributed by atoms with Crippen LogP contribution in [0.4, 0.5) is 10.5 Å². The number of rotatable bonds is 5. The van der Waals surface area contributed by atoms with E-state index in [4.69, 9.17) is 16.3 Å². The Hall–Kier alpha value is -3.74. The van der Waals surface area contributed by atoms with Gasteiger partial charge in [-0.1, -0.05) is 70.0 Å². The van der Waals surface area contributed by atoms with Crippen LogP contribution in [0.15, 0.2) is 108 Å². The quantitative estimate of drug-likeness (QED) is 0.268. The van der Waals surface area contributed by atoms with Gasteiger partial charge in [0.25, 0.3) is 0 Å². The van der Waals surface area contributed by atoms with Crippen molar-refractivity contribution < 1.29 is 9.53 Å². The van der Waals surface area contributed by atoms with E-state index in [1.54, 1.807) is 5.01 Å². The summed E-state index contributed by atoms with van der Waals surface area (Å²) in [5, 5.41) is 5.18. The Morgan fingerprint density at radius 1 is 0.829 bits per heavy atom. The highest BCUT2D eigenvalue weighted by atomic mass is 79.9. The summed E-state index contributed by atoms with van der Waals surface area (Å²) in [5.41, 5.74) is 7.85. The van der Waals surface area contributed by atoms with Crippen LogP contribution in [0, 0.1) is 0 Å². The number of hydrazine groups is 1. The van der Waals surface area contributed by atoms with Crippen LogP contribution in [0.1, 0.15) is 11.1 Å². The van der Waals surface area contributed by atoms with E-state index in [-0.39, 0.29) is 6.03 Å². The van der Waals surface area contributed by atoms with Crippen LogP contribution in [-0.4, -0.2) is 17.6 Å². The van der Waals surface area contributed by atoms with Crippen LogP contribution < -0.4 is 15.5 Å². The lowest BCUT2D eigenvalue weighted by atomic mass is 10.0. The molecule has 0 radical (unpaired) electrons. The van der Waals surface area contributed by atoms with Crippen LogP contribution in [0.25, 0.3) is 11.3 Å². The molecule has 35 heavy (non-hydrogen) atoms. The lowest BCUT2D eigenvalue weighted by Gasteiger charge is -2.19. The Balaban J connectivity index is 1.29. The van der Waals surface area contributed by atoms with E-state index >= 15 is 0 Å². The molecule has 7 heteroatoms. The first-order valence-corrected chi connectivity index (χ1v) is 12.2. The van der Waals surface area contributed by atoms with Crippen molar-refractivity contribution >= 4 is 50.5 Å². The fourth-order valence-corrected chi connectivity index (χ4v) is 4.16. The van der Waals surface area contributed by atoms with Gasteiger partial charge in [0.15, 0.2) is 0 Å².